The summed E-state index contributed by atoms with van der Waals surface area (Å²) in [5.41, 5.74) is 5.92. The summed E-state index contributed by atoms with van der Waals surface area (Å²) in [4.78, 5) is 0. The minimum Gasteiger partial charge on any atom is -0.326 e. The molecule has 1 aliphatic carbocycles. The maximum atomic E-state index is 5.91. The monoisotopic (exact) mass is 198 g/mol. The summed E-state index contributed by atoms with van der Waals surface area (Å²) in [5, 5.41) is 3.54. The number of nitrogens with one attached hydrogen (secondary N) is 1. The molecule has 0 aromatic heterocycles. The zero-order chi connectivity index (χ0) is 10.4. The highest BCUT2D eigenvalue weighted by molar-refractivity contribution is 4.73. The Bertz CT molecular complexity index is 143. The van der Waals surface area contributed by atoms with E-state index < -0.39 is 0 Å². The Morgan fingerprint density at radius 3 is 2.50 bits per heavy atom. The molecule has 0 aromatic rings. The Morgan fingerprint density at radius 1 is 1.29 bits per heavy atom. The van der Waals surface area contributed by atoms with E-state index in [0.717, 1.165) is 18.9 Å². The lowest BCUT2D eigenvalue weighted by molar-refractivity contribution is 0.431. The van der Waals surface area contributed by atoms with Crippen LogP contribution in [0.3, 0.4) is 0 Å². The van der Waals surface area contributed by atoms with E-state index >= 15 is 0 Å². The van der Waals surface area contributed by atoms with Crippen LogP contribution in [0.15, 0.2) is 0 Å². The fourth-order valence-electron chi connectivity index (χ4n) is 2.19. The van der Waals surface area contributed by atoms with E-state index in [1.54, 1.807) is 0 Å². The van der Waals surface area contributed by atoms with E-state index in [1.807, 2.05) is 0 Å². The highest BCUT2D eigenvalue weighted by Gasteiger charge is 2.14. The Kier molecular flexibility index (Phi) is 4.90. The van der Waals surface area contributed by atoms with Gasteiger partial charge in [0.1, 0.15) is 0 Å². The molecule has 2 nitrogen and oxygen atoms in total. The van der Waals surface area contributed by atoms with E-state index in [9.17, 15) is 0 Å². The van der Waals surface area contributed by atoms with Crippen LogP contribution in [-0.4, -0.2) is 18.6 Å². The second kappa shape index (κ2) is 5.72. The molecule has 0 unspecified atom stereocenters. The summed E-state index contributed by atoms with van der Waals surface area (Å²) >= 11 is 0. The molecular weight excluding hydrogens is 172 g/mol. The maximum Gasteiger partial charge on any atom is 0.00975 e. The SMILES string of the molecule is CC(C)(N)CCCNCC1CCCC1. The third-order valence-corrected chi connectivity index (χ3v) is 3.08. The molecule has 3 N–H and O–H groups in total. The van der Waals surface area contributed by atoms with Crippen LogP contribution in [0.2, 0.25) is 0 Å². The van der Waals surface area contributed by atoms with Gasteiger partial charge in [0.2, 0.25) is 0 Å². The zero-order valence-electron chi connectivity index (χ0n) is 9.81. The first-order valence-corrected chi connectivity index (χ1v) is 6.07. The summed E-state index contributed by atoms with van der Waals surface area (Å²) in [5.74, 6) is 0.959. The first-order valence-electron chi connectivity index (χ1n) is 6.07. The fraction of sp³-hybridized carbons (Fsp3) is 1.00. The summed E-state index contributed by atoms with van der Waals surface area (Å²) < 4.78 is 0. The quantitative estimate of drug-likeness (QED) is 0.643. The lowest BCUT2D eigenvalue weighted by atomic mass is 10.0. The van der Waals surface area contributed by atoms with Crippen molar-refractivity contribution in [1.82, 2.24) is 5.32 Å². The van der Waals surface area contributed by atoms with Crippen molar-refractivity contribution in [3.05, 3.63) is 0 Å². The molecular formula is C12H26N2. The van der Waals surface area contributed by atoms with Crippen molar-refractivity contribution in [2.75, 3.05) is 13.1 Å². The van der Waals surface area contributed by atoms with E-state index in [0.29, 0.717) is 0 Å². The van der Waals surface area contributed by atoms with Crippen molar-refractivity contribution in [3.63, 3.8) is 0 Å². The molecule has 1 rings (SSSR count). The van der Waals surface area contributed by atoms with Gasteiger partial charge in [-0.05, 0) is 58.5 Å². The van der Waals surface area contributed by atoms with Crippen molar-refractivity contribution in [2.45, 2.75) is 57.9 Å². The third-order valence-electron chi connectivity index (χ3n) is 3.08. The normalized spacial score (nSPS) is 19.1. The molecule has 0 saturated heterocycles. The molecule has 0 spiro atoms. The average molecular weight is 198 g/mol. The lowest BCUT2D eigenvalue weighted by Gasteiger charge is -2.18. The highest BCUT2D eigenvalue weighted by Crippen LogP contribution is 2.23. The van der Waals surface area contributed by atoms with E-state index in [1.165, 1.54) is 38.6 Å². The minimum absolute atomic E-state index is 0.00897. The number of hydrogen-bond donors (Lipinski definition) is 2. The van der Waals surface area contributed by atoms with E-state index in [-0.39, 0.29) is 5.54 Å². The predicted molar refractivity (Wildman–Crippen MR) is 62.3 cm³/mol. The maximum absolute atomic E-state index is 5.91. The topological polar surface area (TPSA) is 38.0 Å². The first-order chi connectivity index (χ1) is 6.58. The van der Waals surface area contributed by atoms with E-state index in [2.05, 4.69) is 19.2 Å². The lowest BCUT2D eigenvalue weighted by Crippen LogP contribution is -2.33. The summed E-state index contributed by atoms with van der Waals surface area (Å²) in [7, 11) is 0. The molecule has 0 atom stereocenters. The molecule has 1 saturated carbocycles. The summed E-state index contributed by atoms with van der Waals surface area (Å²) in [6.07, 6.45) is 8.09. The summed E-state index contributed by atoms with van der Waals surface area (Å²) in [6, 6.07) is 0. The van der Waals surface area contributed by atoms with Crippen molar-refractivity contribution in [1.29, 1.82) is 0 Å². The van der Waals surface area contributed by atoms with Gasteiger partial charge in [-0.3, -0.25) is 0 Å². The zero-order valence-corrected chi connectivity index (χ0v) is 9.81. The molecule has 0 aliphatic heterocycles. The van der Waals surface area contributed by atoms with Crippen LogP contribution in [0.4, 0.5) is 0 Å². The van der Waals surface area contributed by atoms with Gasteiger partial charge < -0.3 is 11.1 Å². The molecule has 0 radical (unpaired) electrons. The Labute approximate surface area is 88.6 Å². The molecule has 0 bridgehead atoms. The molecule has 2 heteroatoms. The Hall–Kier alpha value is -0.0800. The highest BCUT2D eigenvalue weighted by atomic mass is 14.9. The van der Waals surface area contributed by atoms with Crippen LogP contribution in [0.5, 0.6) is 0 Å². The molecule has 0 heterocycles. The van der Waals surface area contributed by atoms with Crippen molar-refractivity contribution < 1.29 is 0 Å². The van der Waals surface area contributed by atoms with E-state index in [4.69, 9.17) is 5.73 Å². The molecule has 1 aliphatic rings. The third kappa shape index (κ3) is 5.61. The summed E-state index contributed by atoms with van der Waals surface area (Å²) in [6.45, 7) is 6.57. The second-order valence-electron chi connectivity index (χ2n) is 5.45. The van der Waals surface area contributed by atoms with Crippen LogP contribution in [0.25, 0.3) is 0 Å². The van der Waals surface area contributed by atoms with Crippen LogP contribution in [-0.2, 0) is 0 Å². The molecule has 1 fully saturated rings. The van der Waals surface area contributed by atoms with Crippen LogP contribution >= 0.6 is 0 Å². The molecule has 14 heavy (non-hydrogen) atoms. The Balaban J connectivity index is 1.89. The molecule has 0 aromatic carbocycles. The van der Waals surface area contributed by atoms with Crippen LogP contribution in [0, 0.1) is 5.92 Å². The van der Waals surface area contributed by atoms with Gasteiger partial charge in [0.05, 0.1) is 0 Å². The minimum atomic E-state index is 0.00897. The second-order valence-corrected chi connectivity index (χ2v) is 5.45. The van der Waals surface area contributed by atoms with Gasteiger partial charge in [-0.15, -0.1) is 0 Å². The number of nitrogens with two attached hydrogens (primary N) is 1. The van der Waals surface area contributed by atoms with Gasteiger partial charge >= 0.3 is 0 Å². The van der Waals surface area contributed by atoms with Crippen molar-refractivity contribution in [3.8, 4) is 0 Å². The van der Waals surface area contributed by atoms with Crippen LogP contribution in [0.1, 0.15) is 52.4 Å². The van der Waals surface area contributed by atoms with Crippen molar-refractivity contribution >= 4 is 0 Å². The van der Waals surface area contributed by atoms with Gasteiger partial charge in [0.15, 0.2) is 0 Å². The number of rotatable bonds is 6. The van der Waals surface area contributed by atoms with Gasteiger partial charge in [-0.1, -0.05) is 12.8 Å². The van der Waals surface area contributed by atoms with Crippen LogP contribution < -0.4 is 11.1 Å². The van der Waals surface area contributed by atoms with Gasteiger partial charge in [0.25, 0.3) is 0 Å². The molecule has 84 valence electrons. The largest absolute Gasteiger partial charge is 0.326 e. The van der Waals surface area contributed by atoms with Gasteiger partial charge in [-0.25, -0.2) is 0 Å². The first kappa shape index (κ1) is 12.0. The Morgan fingerprint density at radius 2 is 1.93 bits per heavy atom. The molecule has 0 amide bonds. The van der Waals surface area contributed by atoms with Gasteiger partial charge in [-0.2, -0.15) is 0 Å². The smallest absolute Gasteiger partial charge is 0.00975 e. The van der Waals surface area contributed by atoms with Crippen molar-refractivity contribution in [2.24, 2.45) is 11.7 Å². The predicted octanol–water partition coefficient (Wildman–Crippen LogP) is 2.28. The fourth-order valence-corrected chi connectivity index (χ4v) is 2.19. The number of hydrogen-bond acceptors (Lipinski definition) is 2. The average Bonchev–Trinajstić information content (AvgIpc) is 2.54. The standard InChI is InChI=1S/C12H26N2/c1-12(2,13)8-5-9-14-10-11-6-3-4-7-11/h11,14H,3-10,13H2,1-2H3. The van der Waals surface area contributed by atoms with Gasteiger partial charge in [0, 0.05) is 5.54 Å².